The number of hydrogen-bond acceptors (Lipinski definition) is 6. The maximum Gasteiger partial charge on any atom is 0.164 e. The van der Waals surface area contributed by atoms with Gasteiger partial charge in [-0.15, -0.1) is 0 Å². The summed E-state index contributed by atoms with van der Waals surface area (Å²) >= 11 is 0. The zero-order valence-electron chi connectivity index (χ0n) is 14.9. The van der Waals surface area contributed by atoms with Gasteiger partial charge in [-0.3, -0.25) is 0 Å². The van der Waals surface area contributed by atoms with E-state index in [2.05, 4.69) is 9.97 Å². The van der Waals surface area contributed by atoms with Gasteiger partial charge in [0.2, 0.25) is 0 Å². The van der Waals surface area contributed by atoms with E-state index in [1.807, 2.05) is 6.92 Å². The number of benzene rings is 1. The van der Waals surface area contributed by atoms with E-state index < -0.39 is 42.3 Å². The minimum atomic E-state index is -1.47. The van der Waals surface area contributed by atoms with Gasteiger partial charge in [0, 0.05) is 11.6 Å². The number of aliphatic hydroxyl groups is 3. The highest BCUT2D eigenvalue weighted by atomic mass is 19.2. The predicted octanol–water partition coefficient (Wildman–Crippen LogP) is 1.62. The summed E-state index contributed by atoms with van der Waals surface area (Å²) in [7, 11) is 0. The molecule has 1 fully saturated rings. The van der Waals surface area contributed by atoms with Crippen LogP contribution in [0, 0.1) is 11.6 Å². The number of aromatic nitrogens is 3. The molecule has 9 heteroatoms. The lowest BCUT2D eigenvalue weighted by Crippen LogP contribution is -2.34. The summed E-state index contributed by atoms with van der Waals surface area (Å²) in [5.41, 5.74) is 1.38. The topological polar surface area (TPSA) is 101 Å². The Morgan fingerprint density at radius 1 is 1.14 bits per heavy atom. The molecule has 0 radical (unpaired) electrons. The van der Waals surface area contributed by atoms with E-state index in [0.717, 1.165) is 23.2 Å². The Hall–Kier alpha value is -2.46. The Kier molecular flexibility index (Phi) is 4.84. The number of fused-ring (bicyclic) bond motifs is 1. The Labute approximate surface area is 158 Å². The average molecular weight is 391 g/mol. The van der Waals surface area contributed by atoms with Crippen molar-refractivity contribution in [1.82, 2.24) is 14.5 Å². The maximum absolute atomic E-state index is 13.5. The van der Waals surface area contributed by atoms with E-state index in [0.29, 0.717) is 12.1 Å². The van der Waals surface area contributed by atoms with Crippen molar-refractivity contribution in [3.05, 3.63) is 59.7 Å². The van der Waals surface area contributed by atoms with Crippen molar-refractivity contribution in [3.8, 4) is 0 Å². The minimum absolute atomic E-state index is 0.0313. The zero-order chi connectivity index (χ0) is 20.0. The van der Waals surface area contributed by atoms with Crippen molar-refractivity contribution in [2.75, 3.05) is 0 Å². The van der Waals surface area contributed by atoms with Gasteiger partial charge in [0.1, 0.15) is 36.4 Å². The van der Waals surface area contributed by atoms with E-state index in [4.69, 9.17) is 4.74 Å². The summed E-state index contributed by atoms with van der Waals surface area (Å²) in [6.07, 6.45) is -2.77. The molecule has 0 unspecified atom stereocenters. The zero-order valence-corrected chi connectivity index (χ0v) is 14.9. The molecule has 0 bridgehead atoms. The molecule has 2 aromatic heterocycles. The Morgan fingerprint density at radius 3 is 2.64 bits per heavy atom. The Bertz CT molecular complexity index is 1010. The van der Waals surface area contributed by atoms with Gasteiger partial charge in [-0.25, -0.2) is 18.7 Å². The van der Waals surface area contributed by atoms with Crippen molar-refractivity contribution in [2.45, 2.75) is 44.0 Å². The number of halogens is 2. The van der Waals surface area contributed by atoms with Crippen molar-refractivity contribution in [1.29, 1.82) is 0 Å². The lowest BCUT2D eigenvalue weighted by molar-refractivity contribution is -0.0849. The summed E-state index contributed by atoms with van der Waals surface area (Å²) in [6, 6.07) is 4.70. The third-order valence-electron chi connectivity index (χ3n) is 5.07. The molecule has 4 rings (SSSR count). The van der Waals surface area contributed by atoms with Crippen LogP contribution in [0.1, 0.15) is 30.5 Å². The lowest BCUT2D eigenvalue weighted by atomic mass is 9.99. The van der Waals surface area contributed by atoms with Crippen LogP contribution in [0.15, 0.2) is 36.8 Å². The van der Waals surface area contributed by atoms with E-state index in [1.54, 1.807) is 16.8 Å². The molecule has 1 aromatic carbocycles. The van der Waals surface area contributed by atoms with Crippen LogP contribution in [-0.2, 0) is 11.2 Å². The van der Waals surface area contributed by atoms with Gasteiger partial charge in [-0.1, -0.05) is 13.0 Å². The Morgan fingerprint density at radius 2 is 1.93 bits per heavy atom. The van der Waals surface area contributed by atoms with Gasteiger partial charge in [0.25, 0.3) is 0 Å². The van der Waals surface area contributed by atoms with Gasteiger partial charge < -0.3 is 24.6 Å². The summed E-state index contributed by atoms with van der Waals surface area (Å²) in [4.78, 5) is 8.44. The molecule has 0 saturated carbocycles. The van der Waals surface area contributed by atoms with Crippen LogP contribution in [0.4, 0.5) is 8.78 Å². The molecule has 0 spiro atoms. The smallest absolute Gasteiger partial charge is 0.164 e. The van der Waals surface area contributed by atoms with Crippen molar-refractivity contribution in [2.24, 2.45) is 0 Å². The van der Waals surface area contributed by atoms with Crippen LogP contribution in [-0.4, -0.2) is 48.2 Å². The predicted molar refractivity (Wildman–Crippen MR) is 94.1 cm³/mol. The number of nitrogens with zero attached hydrogens (tertiary/aromatic N) is 3. The molecule has 0 aliphatic carbocycles. The quantitative estimate of drug-likeness (QED) is 0.625. The second-order valence-corrected chi connectivity index (χ2v) is 6.73. The normalized spacial score (nSPS) is 26.1. The summed E-state index contributed by atoms with van der Waals surface area (Å²) in [5, 5.41) is 32.2. The standard InChI is InChI=1S/C19H19F2N3O4/c1-2-13-10-5-6-24(18(10)23-8-22-13)19-16(27)15(26)17(28-19)14(25)9-3-4-11(20)12(21)7-9/h3-8,14-17,19,25-27H,2H2,1H3/t14-,15+,16-,17-,19-/m1/s1. The number of aliphatic hydroxyl groups excluding tert-OH is 3. The molecule has 3 heterocycles. The van der Waals surface area contributed by atoms with Crippen molar-refractivity contribution >= 4 is 11.0 Å². The highest BCUT2D eigenvalue weighted by Gasteiger charge is 2.47. The highest BCUT2D eigenvalue weighted by Crippen LogP contribution is 2.37. The molecule has 148 valence electrons. The number of ether oxygens (including phenoxy) is 1. The molecule has 1 saturated heterocycles. The fourth-order valence-electron chi connectivity index (χ4n) is 3.57. The minimum Gasteiger partial charge on any atom is -0.387 e. The molecular weight excluding hydrogens is 372 g/mol. The van der Waals surface area contributed by atoms with E-state index in [-0.39, 0.29) is 5.56 Å². The van der Waals surface area contributed by atoms with Crippen molar-refractivity contribution < 1.29 is 28.8 Å². The number of aryl methyl sites for hydroxylation is 1. The van der Waals surface area contributed by atoms with Gasteiger partial charge in [0.05, 0.1) is 5.69 Å². The lowest BCUT2D eigenvalue weighted by Gasteiger charge is -2.21. The molecule has 1 aliphatic heterocycles. The molecule has 3 aromatic rings. The van der Waals surface area contributed by atoms with E-state index in [1.165, 1.54) is 12.4 Å². The fraction of sp³-hybridized carbons (Fsp3) is 0.368. The first-order valence-corrected chi connectivity index (χ1v) is 8.87. The number of rotatable bonds is 4. The van der Waals surface area contributed by atoms with Gasteiger partial charge in [-0.05, 0) is 30.2 Å². The first-order valence-electron chi connectivity index (χ1n) is 8.87. The monoisotopic (exact) mass is 391 g/mol. The second kappa shape index (κ2) is 7.17. The van der Waals surface area contributed by atoms with Crippen LogP contribution < -0.4 is 0 Å². The van der Waals surface area contributed by atoms with Crippen LogP contribution in [0.5, 0.6) is 0 Å². The fourth-order valence-corrected chi connectivity index (χ4v) is 3.57. The molecule has 7 nitrogen and oxygen atoms in total. The molecule has 0 amide bonds. The number of hydrogen-bond donors (Lipinski definition) is 3. The summed E-state index contributed by atoms with van der Waals surface area (Å²) in [5.74, 6) is -2.17. The summed E-state index contributed by atoms with van der Waals surface area (Å²) in [6.45, 7) is 1.96. The van der Waals surface area contributed by atoms with Gasteiger partial charge in [0.15, 0.2) is 17.9 Å². The van der Waals surface area contributed by atoms with Crippen LogP contribution in [0.2, 0.25) is 0 Å². The van der Waals surface area contributed by atoms with E-state index >= 15 is 0 Å². The van der Waals surface area contributed by atoms with Crippen molar-refractivity contribution in [3.63, 3.8) is 0 Å². The second-order valence-electron chi connectivity index (χ2n) is 6.73. The third-order valence-corrected chi connectivity index (χ3v) is 5.07. The first kappa shape index (κ1) is 18.9. The van der Waals surface area contributed by atoms with Gasteiger partial charge in [-0.2, -0.15) is 0 Å². The van der Waals surface area contributed by atoms with Crippen LogP contribution in [0.3, 0.4) is 0 Å². The third kappa shape index (κ3) is 2.96. The van der Waals surface area contributed by atoms with E-state index in [9.17, 15) is 24.1 Å². The molecular formula is C19H19F2N3O4. The SMILES string of the molecule is CCc1ncnc2c1ccn2[C@@H]1O[C@H]([C@H](O)c2ccc(F)c(F)c2)[C@@H](O)[C@H]1O. The maximum atomic E-state index is 13.5. The highest BCUT2D eigenvalue weighted by molar-refractivity contribution is 5.78. The van der Waals surface area contributed by atoms with Crippen LogP contribution in [0.25, 0.3) is 11.0 Å². The average Bonchev–Trinajstić information content (AvgIpc) is 3.25. The summed E-state index contributed by atoms with van der Waals surface area (Å²) < 4.78 is 33.9. The largest absolute Gasteiger partial charge is 0.387 e. The van der Waals surface area contributed by atoms with Gasteiger partial charge >= 0.3 is 0 Å². The molecule has 1 aliphatic rings. The molecule has 28 heavy (non-hydrogen) atoms. The molecule has 5 atom stereocenters. The molecule has 3 N–H and O–H groups in total. The Balaban J connectivity index is 1.65. The van der Waals surface area contributed by atoms with Crippen LogP contribution >= 0.6 is 0 Å². The first-order chi connectivity index (χ1) is 13.4.